The summed E-state index contributed by atoms with van der Waals surface area (Å²) < 4.78 is 2.50. The molecule has 0 atom stereocenters. The monoisotopic (exact) mass is 339 g/mol. The molecule has 0 fully saturated rings. The van der Waals surface area contributed by atoms with E-state index in [1.54, 1.807) is 10.6 Å². The van der Waals surface area contributed by atoms with Crippen molar-refractivity contribution < 1.29 is 0 Å². The van der Waals surface area contributed by atoms with Gasteiger partial charge in [0.25, 0.3) is 5.56 Å². The summed E-state index contributed by atoms with van der Waals surface area (Å²) in [5.74, 6) is 0. The molecule has 2 aromatic heterocycles. The van der Waals surface area contributed by atoms with Gasteiger partial charge in [0.05, 0.1) is 5.52 Å². The van der Waals surface area contributed by atoms with Crippen molar-refractivity contribution in [3.8, 4) is 5.69 Å². The molecule has 0 spiro atoms. The van der Waals surface area contributed by atoms with E-state index in [-0.39, 0.29) is 0 Å². The minimum absolute atomic E-state index is 0.312. The van der Waals surface area contributed by atoms with Gasteiger partial charge in [0.15, 0.2) is 0 Å². The molecule has 0 amide bonds. The summed E-state index contributed by atoms with van der Waals surface area (Å²) in [4.78, 5) is 27.9. The smallest absolute Gasteiger partial charge is 0.305 e. The van der Waals surface area contributed by atoms with E-state index in [9.17, 15) is 9.59 Å². The first-order valence-corrected chi connectivity index (χ1v) is 6.53. The molecule has 0 unspecified atom stereocenters. The molecule has 1 aromatic carbocycles. The standard InChI is InChI=1S/C12H7BrClN3O2/c13-6-1-3-7(4-2-6)17-9(14)5-8-10(17)11(18)16-12(19)15-8/h1-5H,(H2,15,16,18,19). The summed E-state index contributed by atoms with van der Waals surface area (Å²) in [5, 5.41) is 0.352. The lowest BCUT2D eigenvalue weighted by Crippen LogP contribution is -2.22. The Hall–Kier alpha value is -1.79. The molecule has 0 aliphatic rings. The Morgan fingerprint density at radius 1 is 1.11 bits per heavy atom. The molecule has 96 valence electrons. The molecular weight excluding hydrogens is 334 g/mol. The molecule has 2 heterocycles. The van der Waals surface area contributed by atoms with Gasteiger partial charge in [-0.1, -0.05) is 27.5 Å². The van der Waals surface area contributed by atoms with Crippen LogP contribution in [-0.4, -0.2) is 14.5 Å². The number of benzene rings is 1. The first-order chi connectivity index (χ1) is 9.06. The van der Waals surface area contributed by atoms with Crippen LogP contribution >= 0.6 is 27.5 Å². The zero-order valence-electron chi connectivity index (χ0n) is 9.41. The second kappa shape index (κ2) is 4.40. The number of hydrogen-bond donors (Lipinski definition) is 2. The van der Waals surface area contributed by atoms with Crippen LogP contribution in [0.25, 0.3) is 16.7 Å². The van der Waals surface area contributed by atoms with Crippen LogP contribution in [0, 0.1) is 0 Å². The molecule has 19 heavy (non-hydrogen) atoms. The molecule has 3 aromatic rings. The predicted octanol–water partition coefficient (Wildman–Crippen LogP) is 2.42. The Morgan fingerprint density at radius 3 is 2.47 bits per heavy atom. The Bertz CT molecular complexity index is 877. The third-order valence-electron chi connectivity index (χ3n) is 2.73. The van der Waals surface area contributed by atoms with E-state index >= 15 is 0 Å². The molecule has 5 nitrogen and oxygen atoms in total. The molecular formula is C12H7BrClN3O2. The molecule has 0 radical (unpaired) electrons. The number of hydrogen-bond acceptors (Lipinski definition) is 2. The van der Waals surface area contributed by atoms with Crippen LogP contribution in [-0.2, 0) is 0 Å². The maximum absolute atomic E-state index is 11.9. The highest BCUT2D eigenvalue weighted by atomic mass is 79.9. The van der Waals surface area contributed by atoms with Crippen molar-refractivity contribution in [1.29, 1.82) is 0 Å². The fourth-order valence-corrected chi connectivity index (χ4v) is 2.51. The zero-order chi connectivity index (χ0) is 13.6. The van der Waals surface area contributed by atoms with Crippen LogP contribution in [0.5, 0.6) is 0 Å². The first-order valence-electron chi connectivity index (χ1n) is 5.36. The van der Waals surface area contributed by atoms with E-state index in [1.807, 2.05) is 24.3 Å². The average molecular weight is 341 g/mol. The van der Waals surface area contributed by atoms with Gasteiger partial charge in [0.1, 0.15) is 10.7 Å². The molecule has 0 saturated heterocycles. The Labute approximate surface area is 120 Å². The average Bonchev–Trinajstić information content (AvgIpc) is 2.66. The summed E-state index contributed by atoms with van der Waals surface area (Å²) in [6.07, 6.45) is 0. The van der Waals surface area contributed by atoms with Gasteiger partial charge in [-0.25, -0.2) is 4.79 Å². The number of nitrogens with zero attached hydrogens (tertiary/aromatic N) is 1. The van der Waals surface area contributed by atoms with E-state index in [4.69, 9.17) is 11.6 Å². The van der Waals surface area contributed by atoms with Crippen LogP contribution in [0.2, 0.25) is 5.15 Å². The lowest BCUT2D eigenvalue weighted by atomic mass is 10.3. The molecule has 7 heteroatoms. The number of aromatic nitrogens is 3. The third-order valence-corrected chi connectivity index (χ3v) is 3.54. The maximum Gasteiger partial charge on any atom is 0.326 e. The van der Waals surface area contributed by atoms with Crippen LogP contribution in [0.15, 0.2) is 44.4 Å². The van der Waals surface area contributed by atoms with Crippen molar-refractivity contribution in [2.45, 2.75) is 0 Å². The highest BCUT2D eigenvalue weighted by Crippen LogP contribution is 2.24. The number of H-pyrrole nitrogens is 2. The molecule has 2 N–H and O–H groups in total. The van der Waals surface area contributed by atoms with Gasteiger partial charge in [0.2, 0.25) is 0 Å². The van der Waals surface area contributed by atoms with Crippen molar-refractivity contribution >= 4 is 38.6 Å². The quantitative estimate of drug-likeness (QED) is 0.714. The normalized spacial score (nSPS) is 11.1. The van der Waals surface area contributed by atoms with E-state index in [1.165, 1.54) is 0 Å². The fraction of sp³-hybridized carbons (Fsp3) is 0. The van der Waals surface area contributed by atoms with E-state index in [2.05, 4.69) is 25.9 Å². The second-order valence-electron chi connectivity index (χ2n) is 3.95. The van der Waals surface area contributed by atoms with Gasteiger partial charge in [-0.15, -0.1) is 0 Å². The van der Waals surface area contributed by atoms with Crippen molar-refractivity contribution in [3.63, 3.8) is 0 Å². The minimum Gasteiger partial charge on any atom is -0.305 e. The van der Waals surface area contributed by atoms with Gasteiger partial charge in [-0.05, 0) is 30.3 Å². The molecule has 0 aliphatic carbocycles. The number of fused-ring (bicyclic) bond motifs is 1. The Kier molecular flexibility index (Phi) is 2.83. The first kappa shape index (κ1) is 12.3. The number of aromatic amines is 2. The minimum atomic E-state index is -0.554. The lowest BCUT2D eigenvalue weighted by molar-refractivity contribution is 1.04. The number of nitrogens with one attached hydrogen (secondary N) is 2. The highest BCUT2D eigenvalue weighted by Gasteiger charge is 2.13. The van der Waals surface area contributed by atoms with Gasteiger partial charge in [-0.2, -0.15) is 0 Å². The molecule has 0 bridgehead atoms. The lowest BCUT2D eigenvalue weighted by Gasteiger charge is -2.06. The van der Waals surface area contributed by atoms with Gasteiger partial charge in [0, 0.05) is 10.2 Å². The highest BCUT2D eigenvalue weighted by molar-refractivity contribution is 9.10. The maximum atomic E-state index is 11.9. The Morgan fingerprint density at radius 2 is 1.79 bits per heavy atom. The topological polar surface area (TPSA) is 70.7 Å². The van der Waals surface area contributed by atoms with E-state index in [0.717, 1.165) is 10.2 Å². The number of rotatable bonds is 1. The summed E-state index contributed by atoms with van der Waals surface area (Å²) in [6, 6.07) is 8.88. The largest absolute Gasteiger partial charge is 0.326 e. The number of halogens is 2. The summed E-state index contributed by atoms with van der Waals surface area (Å²) in [6.45, 7) is 0. The van der Waals surface area contributed by atoms with Gasteiger partial charge < -0.3 is 4.98 Å². The summed E-state index contributed by atoms with van der Waals surface area (Å²) >= 11 is 9.49. The van der Waals surface area contributed by atoms with Crippen LogP contribution in [0.3, 0.4) is 0 Å². The van der Waals surface area contributed by atoms with Crippen LogP contribution in [0.4, 0.5) is 0 Å². The van der Waals surface area contributed by atoms with Crippen molar-refractivity contribution in [1.82, 2.24) is 14.5 Å². The van der Waals surface area contributed by atoms with Crippen molar-refractivity contribution in [2.75, 3.05) is 0 Å². The summed E-state index contributed by atoms with van der Waals surface area (Å²) in [7, 11) is 0. The zero-order valence-corrected chi connectivity index (χ0v) is 11.7. The second-order valence-corrected chi connectivity index (χ2v) is 5.25. The summed E-state index contributed by atoms with van der Waals surface area (Å²) in [5.41, 5.74) is 0.421. The fourth-order valence-electron chi connectivity index (χ4n) is 1.96. The third kappa shape index (κ3) is 2.02. The van der Waals surface area contributed by atoms with Crippen LogP contribution < -0.4 is 11.2 Å². The molecule has 0 aliphatic heterocycles. The van der Waals surface area contributed by atoms with Crippen molar-refractivity contribution in [3.05, 3.63) is 60.8 Å². The molecule has 3 rings (SSSR count). The SMILES string of the molecule is O=c1[nH]c(=O)c2c(cc(Cl)n2-c2ccc(Br)cc2)[nH]1. The van der Waals surface area contributed by atoms with Crippen molar-refractivity contribution in [2.24, 2.45) is 0 Å². The van der Waals surface area contributed by atoms with E-state index < -0.39 is 11.2 Å². The van der Waals surface area contributed by atoms with Gasteiger partial charge >= 0.3 is 5.69 Å². The Balaban J connectivity index is 2.41. The van der Waals surface area contributed by atoms with Crippen LogP contribution in [0.1, 0.15) is 0 Å². The molecule has 0 saturated carbocycles. The van der Waals surface area contributed by atoms with Gasteiger partial charge in [-0.3, -0.25) is 14.3 Å². The van der Waals surface area contributed by atoms with E-state index in [0.29, 0.717) is 16.2 Å². The predicted molar refractivity (Wildman–Crippen MR) is 77.2 cm³/mol.